The zero-order valence-electron chi connectivity index (χ0n) is 15.8. The first-order valence-electron chi connectivity index (χ1n) is 9.00. The van der Waals surface area contributed by atoms with Gasteiger partial charge in [-0.25, -0.2) is 9.97 Å². The summed E-state index contributed by atoms with van der Waals surface area (Å²) in [4.78, 5) is 31.7. The van der Waals surface area contributed by atoms with E-state index in [2.05, 4.69) is 25.9 Å². The van der Waals surface area contributed by atoms with Crippen LogP contribution in [0.3, 0.4) is 0 Å². The molecule has 1 aromatic heterocycles. The topological polar surface area (TPSA) is 96.0 Å². The summed E-state index contributed by atoms with van der Waals surface area (Å²) in [5.74, 6) is 0.116. The Morgan fingerprint density at radius 1 is 0.931 bits per heavy atom. The van der Waals surface area contributed by atoms with Gasteiger partial charge in [-0.05, 0) is 42.5 Å². The minimum atomic E-state index is -0.206. The molecule has 0 fully saturated rings. The third kappa shape index (κ3) is 6.02. The van der Waals surface area contributed by atoms with Gasteiger partial charge in [0.25, 0.3) is 5.91 Å². The molecule has 0 aliphatic heterocycles. The molecule has 3 N–H and O–H groups in total. The first kappa shape index (κ1) is 20.3. The van der Waals surface area contributed by atoms with Gasteiger partial charge in [0.05, 0.1) is 5.69 Å². The van der Waals surface area contributed by atoms with Crippen molar-refractivity contribution in [1.29, 1.82) is 0 Å². The molecule has 3 aromatic rings. The molecule has 0 spiro atoms. The predicted molar refractivity (Wildman–Crippen MR) is 113 cm³/mol. The van der Waals surface area contributed by atoms with E-state index >= 15 is 0 Å². The Kier molecular flexibility index (Phi) is 6.76. The zero-order chi connectivity index (χ0) is 20.6. The van der Waals surface area contributed by atoms with Gasteiger partial charge in [-0.15, -0.1) is 0 Å². The number of hydrogen-bond acceptors (Lipinski definition) is 5. The summed E-state index contributed by atoms with van der Waals surface area (Å²) in [6.45, 7) is 2.19. The first-order valence-corrected chi connectivity index (χ1v) is 9.38. The molecule has 0 atom stereocenters. The van der Waals surface area contributed by atoms with Crippen LogP contribution in [0.4, 0.5) is 11.6 Å². The lowest BCUT2D eigenvalue weighted by atomic mass is 10.1. The van der Waals surface area contributed by atoms with E-state index in [1.807, 2.05) is 30.3 Å². The molecule has 148 valence electrons. The highest BCUT2D eigenvalue weighted by molar-refractivity contribution is 6.30. The number of halogens is 1. The van der Waals surface area contributed by atoms with Crippen LogP contribution >= 0.6 is 11.6 Å². The number of carbonyl (C=O) groups is 2. The number of benzene rings is 2. The summed E-state index contributed by atoms with van der Waals surface area (Å²) >= 11 is 5.93. The van der Waals surface area contributed by atoms with Gasteiger partial charge < -0.3 is 16.0 Å². The number of carbonyl (C=O) groups excluding carboxylic acids is 2. The van der Waals surface area contributed by atoms with Gasteiger partial charge in [0.1, 0.15) is 0 Å². The van der Waals surface area contributed by atoms with E-state index in [1.165, 1.54) is 6.92 Å². The summed E-state index contributed by atoms with van der Waals surface area (Å²) in [7, 11) is 0. The van der Waals surface area contributed by atoms with Gasteiger partial charge in [-0.1, -0.05) is 23.7 Å². The van der Waals surface area contributed by atoms with Crippen LogP contribution in [0.1, 0.15) is 17.3 Å². The van der Waals surface area contributed by atoms with Crippen molar-refractivity contribution in [1.82, 2.24) is 20.6 Å². The smallest absolute Gasteiger partial charge is 0.251 e. The maximum absolute atomic E-state index is 12.1. The van der Waals surface area contributed by atoms with Crippen LogP contribution in [0, 0.1) is 0 Å². The predicted octanol–water partition coefficient (Wildman–Crippen LogP) is 3.41. The Hall–Kier alpha value is -3.45. The molecule has 7 nitrogen and oxygen atoms in total. The molecule has 0 radical (unpaired) electrons. The van der Waals surface area contributed by atoms with E-state index in [1.54, 1.807) is 30.5 Å². The summed E-state index contributed by atoms with van der Waals surface area (Å²) < 4.78 is 0. The molecule has 2 aromatic carbocycles. The molecule has 8 heteroatoms. The number of hydrogen-bond donors (Lipinski definition) is 3. The van der Waals surface area contributed by atoms with E-state index in [4.69, 9.17) is 11.6 Å². The van der Waals surface area contributed by atoms with E-state index in [-0.39, 0.29) is 11.8 Å². The molecular formula is C21H20ClN5O2. The number of nitrogens with zero attached hydrogens (tertiary/aromatic N) is 2. The molecular weight excluding hydrogens is 390 g/mol. The minimum absolute atomic E-state index is 0.128. The van der Waals surface area contributed by atoms with Gasteiger partial charge in [0, 0.05) is 48.0 Å². The quantitative estimate of drug-likeness (QED) is 0.520. The van der Waals surface area contributed by atoms with Crippen molar-refractivity contribution in [3.8, 4) is 11.3 Å². The lowest BCUT2D eigenvalue weighted by molar-refractivity contribution is -0.118. The van der Waals surface area contributed by atoms with Gasteiger partial charge in [-0.2, -0.15) is 0 Å². The normalized spacial score (nSPS) is 10.3. The molecule has 0 saturated heterocycles. The van der Waals surface area contributed by atoms with Gasteiger partial charge in [0.2, 0.25) is 11.9 Å². The fourth-order valence-corrected chi connectivity index (χ4v) is 2.68. The molecule has 0 unspecified atom stereocenters. The third-order valence-corrected chi connectivity index (χ3v) is 4.24. The largest absolute Gasteiger partial charge is 0.355 e. The molecule has 3 rings (SSSR count). The Bertz CT molecular complexity index is 991. The van der Waals surface area contributed by atoms with Crippen molar-refractivity contribution in [2.45, 2.75) is 6.92 Å². The van der Waals surface area contributed by atoms with Crippen molar-refractivity contribution in [3.63, 3.8) is 0 Å². The Morgan fingerprint density at radius 2 is 1.62 bits per heavy atom. The lowest BCUT2D eigenvalue weighted by Crippen LogP contribution is -2.33. The summed E-state index contributed by atoms with van der Waals surface area (Å²) in [6, 6.07) is 16.2. The Morgan fingerprint density at radius 3 is 2.31 bits per heavy atom. The SMILES string of the molecule is CC(=O)NCCNC(=O)c1ccc(Nc2nccc(-c3ccc(Cl)cc3)n2)cc1. The number of nitrogens with one attached hydrogen (secondary N) is 3. The molecule has 1 heterocycles. The highest BCUT2D eigenvalue weighted by atomic mass is 35.5. The Balaban J connectivity index is 1.61. The van der Waals surface area contributed by atoms with Crippen LogP contribution in [-0.2, 0) is 4.79 Å². The van der Waals surface area contributed by atoms with Crippen LogP contribution in [0.5, 0.6) is 0 Å². The number of aromatic nitrogens is 2. The van der Waals surface area contributed by atoms with E-state index in [0.29, 0.717) is 29.6 Å². The monoisotopic (exact) mass is 409 g/mol. The van der Waals surface area contributed by atoms with Gasteiger partial charge in [0.15, 0.2) is 0 Å². The van der Waals surface area contributed by atoms with Gasteiger partial charge in [-0.3, -0.25) is 9.59 Å². The second-order valence-electron chi connectivity index (χ2n) is 6.21. The molecule has 0 aliphatic carbocycles. The fraction of sp³-hybridized carbons (Fsp3) is 0.143. The standard InChI is InChI=1S/C21H20ClN5O2/c1-14(28)23-12-13-24-20(29)16-4-8-18(9-5-16)26-21-25-11-10-19(27-21)15-2-6-17(22)7-3-15/h2-11H,12-13H2,1H3,(H,23,28)(H,24,29)(H,25,26,27). The van der Waals surface area contributed by atoms with Crippen LogP contribution < -0.4 is 16.0 Å². The summed E-state index contributed by atoms with van der Waals surface area (Å²) in [6.07, 6.45) is 1.68. The zero-order valence-corrected chi connectivity index (χ0v) is 16.5. The summed E-state index contributed by atoms with van der Waals surface area (Å²) in [5.41, 5.74) is 2.99. The van der Waals surface area contributed by atoms with Crippen molar-refractivity contribution < 1.29 is 9.59 Å². The van der Waals surface area contributed by atoms with Gasteiger partial charge >= 0.3 is 0 Å². The van der Waals surface area contributed by atoms with Crippen molar-refractivity contribution in [2.75, 3.05) is 18.4 Å². The maximum Gasteiger partial charge on any atom is 0.251 e. The van der Waals surface area contributed by atoms with Crippen molar-refractivity contribution >= 4 is 35.1 Å². The molecule has 0 bridgehead atoms. The second kappa shape index (κ2) is 9.66. The number of anilines is 2. The third-order valence-electron chi connectivity index (χ3n) is 3.98. The van der Waals surface area contributed by atoms with Crippen LogP contribution in [0.25, 0.3) is 11.3 Å². The second-order valence-corrected chi connectivity index (χ2v) is 6.65. The molecule has 29 heavy (non-hydrogen) atoms. The van der Waals surface area contributed by atoms with Crippen LogP contribution in [0.2, 0.25) is 5.02 Å². The Labute approximate surface area is 173 Å². The minimum Gasteiger partial charge on any atom is -0.355 e. The summed E-state index contributed by atoms with van der Waals surface area (Å²) in [5, 5.41) is 9.16. The average Bonchev–Trinajstić information content (AvgIpc) is 2.72. The van der Waals surface area contributed by atoms with E-state index in [0.717, 1.165) is 16.9 Å². The fourth-order valence-electron chi connectivity index (χ4n) is 2.55. The number of rotatable bonds is 7. The molecule has 0 saturated carbocycles. The molecule has 2 amide bonds. The highest BCUT2D eigenvalue weighted by Crippen LogP contribution is 2.21. The van der Waals surface area contributed by atoms with Crippen molar-refractivity contribution in [2.24, 2.45) is 0 Å². The first-order chi connectivity index (χ1) is 14.0. The van der Waals surface area contributed by atoms with E-state index in [9.17, 15) is 9.59 Å². The maximum atomic E-state index is 12.1. The average molecular weight is 410 g/mol. The molecule has 0 aliphatic rings. The lowest BCUT2D eigenvalue weighted by Gasteiger charge is -2.09. The highest BCUT2D eigenvalue weighted by Gasteiger charge is 2.06. The van der Waals surface area contributed by atoms with E-state index < -0.39 is 0 Å². The van der Waals surface area contributed by atoms with Crippen molar-refractivity contribution in [3.05, 3.63) is 71.4 Å². The van der Waals surface area contributed by atoms with Crippen LogP contribution in [0.15, 0.2) is 60.8 Å². The van der Waals surface area contributed by atoms with Crippen LogP contribution in [-0.4, -0.2) is 34.9 Å². The number of amides is 2.